The number of aryl methyl sites for hydroxylation is 1. The number of nitrogens with two attached hydrogens (primary N) is 1. The molecule has 1 heterocycles. The van der Waals surface area contributed by atoms with Crippen LogP contribution < -0.4 is 11.1 Å². The van der Waals surface area contributed by atoms with Gasteiger partial charge in [0.1, 0.15) is 0 Å². The summed E-state index contributed by atoms with van der Waals surface area (Å²) in [4.78, 5) is 25.2. The number of benzene rings is 1. The van der Waals surface area contributed by atoms with Gasteiger partial charge in [0.25, 0.3) is 0 Å². The Morgan fingerprint density at radius 2 is 2.04 bits per heavy atom. The summed E-state index contributed by atoms with van der Waals surface area (Å²) in [7, 11) is 0. The van der Waals surface area contributed by atoms with Crippen molar-refractivity contribution in [2.24, 2.45) is 11.7 Å². The first kappa shape index (κ1) is 17.8. The zero-order valence-corrected chi connectivity index (χ0v) is 14.0. The van der Waals surface area contributed by atoms with Crippen LogP contribution in [0.5, 0.6) is 0 Å². The van der Waals surface area contributed by atoms with Gasteiger partial charge in [-0.1, -0.05) is 23.7 Å². The lowest BCUT2D eigenvalue weighted by Crippen LogP contribution is -2.45. The van der Waals surface area contributed by atoms with E-state index in [-0.39, 0.29) is 24.3 Å². The zero-order valence-electron chi connectivity index (χ0n) is 13.3. The van der Waals surface area contributed by atoms with Crippen LogP contribution in [0.4, 0.5) is 0 Å². The molecule has 1 fully saturated rings. The Balaban J connectivity index is 1.67. The van der Waals surface area contributed by atoms with Gasteiger partial charge in [-0.2, -0.15) is 0 Å². The van der Waals surface area contributed by atoms with E-state index in [9.17, 15) is 9.59 Å². The Hall–Kier alpha value is -1.59. The maximum absolute atomic E-state index is 12.2. The van der Waals surface area contributed by atoms with Gasteiger partial charge < -0.3 is 11.1 Å². The van der Waals surface area contributed by atoms with Crippen molar-refractivity contribution >= 4 is 23.4 Å². The second-order valence-electron chi connectivity index (χ2n) is 6.06. The maximum Gasteiger partial charge on any atom is 0.231 e. The molecule has 1 aliphatic rings. The van der Waals surface area contributed by atoms with Crippen molar-refractivity contribution in [1.82, 2.24) is 10.2 Å². The fourth-order valence-corrected chi connectivity index (χ4v) is 3.06. The first-order valence-electron chi connectivity index (χ1n) is 8.07. The summed E-state index contributed by atoms with van der Waals surface area (Å²) in [5.41, 5.74) is 6.43. The summed E-state index contributed by atoms with van der Waals surface area (Å²) >= 11 is 5.85. The average molecular weight is 338 g/mol. The van der Waals surface area contributed by atoms with Gasteiger partial charge in [-0.3, -0.25) is 14.5 Å². The number of nitrogens with zero attached hydrogens (tertiary/aromatic N) is 1. The first-order chi connectivity index (χ1) is 11.0. The standard InChI is InChI=1S/C17H24ClN3O2/c18-15-7-5-13(6-8-15)3-1-9-20-17(23)14-4-2-10-21(11-14)12-16(19)22/h5-8,14H,1-4,9-12H2,(H2,19,22)(H,20,23). The molecule has 126 valence electrons. The number of piperidine rings is 1. The van der Waals surface area contributed by atoms with Crippen molar-refractivity contribution in [3.05, 3.63) is 34.9 Å². The van der Waals surface area contributed by atoms with E-state index in [0.29, 0.717) is 13.1 Å². The molecule has 5 nitrogen and oxygen atoms in total. The first-order valence-corrected chi connectivity index (χ1v) is 8.45. The molecular weight excluding hydrogens is 314 g/mol. The van der Waals surface area contributed by atoms with Gasteiger partial charge in [0.2, 0.25) is 11.8 Å². The molecule has 1 aromatic rings. The molecule has 2 rings (SSSR count). The van der Waals surface area contributed by atoms with Crippen molar-refractivity contribution in [2.45, 2.75) is 25.7 Å². The fourth-order valence-electron chi connectivity index (χ4n) is 2.93. The topological polar surface area (TPSA) is 75.4 Å². The highest BCUT2D eigenvalue weighted by Crippen LogP contribution is 2.16. The second-order valence-corrected chi connectivity index (χ2v) is 6.50. The molecule has 3 N–H and O–H groups in total. The van der Waals surface area contributed by atoms with E-state index in [4.69, 9.17) is 17.3 Å². The predicted octanol–water partition coefficient (Wildman–Crippen LogP) is 1.59. The van der Waals surface area contributed by atoms with E-state index in [2.05, 4.69) is 5.32 Å². The number of amides is 2. The highest BCUT2D eigenvalue weighted by molar-refractivity contribution is 6.30. The molecule has 1 aliphatic heterocycles. The van der Waals surface area contributed by atoms with E-state index in [1.54, 1.807) is 0 Å². The lowest BCUT2D eigenvalue weighted by Gasteiger charge is -2.30. The summed E-state index contributed by atoms with van der Waals surface area (Å²) in [6.45, 7) is 2.35. The van der Waals surface area contributed by atoms with Gasteiger partial charge >= 0.3 is 0 Å². The monoisotopic (exact) mass is 337 g/mol. The normalized spacial score (nSPS) is 18.6. The number of rotatable bonds is 7. The van der Waals surface area contributed by atoms with Gasteiger partial charge in [0.05, 0.1) is 12.5 Å². The second kappa shape index (κ2) is 8.89. The van der Waals surface area contributed by atoms with Gasteiger partial charge in [0.15, 0.2) is 0 Å². The molecule has 1 aromatic carbocycles. The van der Waals surface area contributed by atoms with Crippen molar-refractivity contribution in [3.63, 3.8) is 0 Å². The van der Waals surface area contributed by atoms with Crippen molar-refractivity contribution in [3.8, 4) is 0 Å². The third kappa shape index (κ3) is 6.20. The maximum atomic E-state index is 12.2. The average Bonchev–Trinajstić information content (AvgIpc) is 2.52. The number of halogens is 1. The molecule has 1 atom stereocenters. The van der Waals surface area contributed by atoms with Crippen molar-refractivity contribution in [1.29, 1.82) is 0 Å². The van der Waals surface area contributed by atoms with Crippen LogP contribution in [-0.4, -0.2) is 42.9 Å². The van der Waals surface area contributed by atoms with E-state index >= 15 is 0 Å². The molecule has 0 radical (unpaired) electrons. The summed E-state index contributed by atoms with van der Waals surface area (Å²) in [6, 6.07) is 7.77. The molecule has 0 bridgehead atoms. The Morgan fingerprint density at radius 3 is 2.74 bits per heavy atom. The Morgan fingerprint density at radius 1 is 1.30 bits per heavy atom. The van der Waals surface area contributed by atoms with Gasteiger partial charge in [-0.25, -0.2) is 0 Å². The van der Waals surface area contributed by atoms with Gasteiger partial charge in [0, 0.05) is 18.1 Å². The third-order valence-corrected chi connectivity index (χ3v) is 4.36. The third-order valence-electron chi connectivity index (χ3n) is 4.11. The van der Waals surface area contributed by atoms with Crippen LogP contribution in [0.15, 0.2) is 24.3 Å². The quantitative estimate of drug-likeness (QED) is 0.742. The van der Waals surface area contributed by atoms with Gasteiger partial charge in [-0.05, 0) is 49.9 Å². The fraction of sp³-hybridized carbons (Fsp3) is 0.529. The molecule has 23 heavy (non-hydrogen) atoms. The van der Waals surface area contributed by atoms with Crippen molar-refractivity contribution in [2.75, 3.05) is 26.2 Å². The summed E-state index contributed by atoms with van der Waals surface area (Å²) in [5, 5.41) is 3.74. The molecule has 2 amide bonds. The summed E-state index contributed by atoms with van der Waals surface area (Å²) < 4.78 is 0. The molecular formula is C17H24ClN3O2. The molecule has 0 saturated carbocycles. The summed E-state index contributed by atoms with van der Waals surface area (Å²) in [5.74, 6) is -0.303. The number of carbonyl (C=O) groups excluding carboxylic acids is 2. The number of primary amides is 1. The highest BCUT2D eigenvalue weighted by Gasteiger charge is 2.25. The Bertz CT molecular complexity index is 533. The Kier molecular flexibility index (Phi) is 6.86. The van der Waals surface area contributed by atoms with E-state index in [1.807, 2.05) is 29.2 Å². The SMILES string of the molecule is NC(=O)CN1CCCC(C(=O)NCCCc2ccc(Cl)cc2)C1. The molecule has 1 saturated heterocycles. The molecule has 0 aromatic heterocycles. The number of carbonyl (C=O) groups is 2. The van der Waals surface area contributed by atoms with Crippen LogP contribution in [0.3, 0.4) is 0 Å². The largest absolute Gasteiger partial charge is 0.369 e. The Labute approximate surface area is 142 Å². The molecule has 1 unspecified atom stereocenters. The van der Waals surface area contributed by atoms with Crippen LogP contribution in [0.1, 0.15) is 24.8 Å². The highest BCUT2D eigenvalue weighted by atomic mass is 35.5. The van der Waals surface area contributed by atoms with Crippen molar-refractivity contribution < 1.29 is 9.59 Å². The van der Waals surface area contributed by atoms with Gasteiger partial charge in [-0.15, -0.1) is 0 Å². The minimum atomic E-state index is -0.339. The number of hydrogen-bond donors (Lipinski definition) is 2. The van der Waals surface area contributed by atoms with E-state index in [0.717, 1.165) is 37.3 Å². The molecule has 6 heteroatoms. The smallest absolute Gasteiger partial charge is 0.231 e. The van der Waals surface area contributed by atoms with Crippen LogP contribution >= 0.6 is 11.6 Å². The van der Waals surface area contributed by atoms with E-state index in [1.165, 1.54) is 5.56 Å². The van der Waals surface area contributed by atoms with Crippen LogP contribution in [0.2, 0.25) is 5.02 Å². The minimum Gasteiger partial charge on any atom is -0.369 e. The van der Waals surface area contributed by atoms with Crippen LogP contribution in [-0.2, 0) is 16.0 Å². The zero-order chi connectivity index (χ0) is 16.7. The van der Waals surface area contributed by atoms with Crippen LogP contribution in [0, 0.1) is 5.92 Å². The lowest BCUT2D eigenvalue weighted by atomic mass is 9.97. The minimum absolute atomic E-state index is 0.0429. The summed E-state index contributed by atoms with van der Waals surface area (Å²) in [6.07, 6.45) is 3.61. The van der Waals surface area contributed by atoms with Crippen LogP contribution in [0.25, 0.3) is 0 Å². The number of hydrogen-bond acceptors (Lipinski definition) is 3. The number of likely N-dealkylation sites (tertiary alicyclic amines) is 1. The predicted molar refractivity (Wildman–Crippen MR) is 91.1 cm³/mol. The van der Waals surface area contributed by atoms with E-state index < -0.39 is 0 Å². The molecule has 0 spiro atoms. The molecule has 0 aliphatic carbocycles. The number of nitrogens with one attached hydrogen (secondary N) is 1. The lowest BCUT2D eigenvalue weighted by molar-refractivity contribution is -0.128.